The number of carbonyl (C=O) groups is 2. The van der Waals surface area contributed by atoms with Crippen LogP contribution < -0.4 is 10.6 Å². The zero-order valence-electron chi connectivity index (χ0n) is 14.8. The Hall–Kier alpha value is -2.91. The normalized spacial score (nSPS) is 11.2. The minimum absolute atomic E-state index is 0.0458. The van der Waals surface area contributed by atoms with E-state index in [2.05, 4.69) is 15.6 Å². The quantitative estimate of drug-likeness (QED) is 0.548. The fourth-order valence-corrected chi connectivity index (χ4v) is 3.45. The molecule has 0 spiro atoms. The highest BCUT2D eigenvalue weighted by molar-refractivity contribution is 7.13. The highest BCUT2D eigenvalue weighted by Gasteiger charge is 2.30. The number of thiazole rings is 1. The van der Waals surface area contributed by atoms with Gasteiger partial charge in [-0.2, -0.15) is 13.2 Å². The molecule has 0 fully saturated rings. The van der Waals surface area contributed by atoms with Gasteiger partial charge in [-0.25, -0.2) is 4.98 Å². The Bertz CT molecular complexity index is 1080. The lowest BCUT2D eigenvalue weighted by Gasteiger charge is -2.08. The molecular weight excluding hydrogens is 427 g/mol. The van der Waals surface area contributed by atoms with Crippen LogP contribution in [0.25, 0.3) is 10.6 Å². The number of anilines is 2. The van der Waals surface area contributed by atoms with Crippen molar-refractivity contribution in [2.75, 3.05) is 10.6 Å². The average Bonchev–Trinajstić information content (AvgIpc) is 3.13. The molecule has 0 saturated carbocycles. The van der Waals surface area contributed by atoms with Crippen molar-refractivity contribution in [3.8, 4) is 10.6 Å². The molecule has 150 valence electrons. The molecule has 0 bridgehead atoms. The third-order valence-corrected chi connectivity index (χ3v) is 4.92. The van der Waals surface area contributed by atoms with Crippen molar-refractivity contribution in [3.63, 3.8) is 0 Å². The number of amides is 2. The molecule has 1 heterocycles. The van der Waals surface area contributed by atoms with Crippen LogP contribution in [-0.4, -0.2) is 16.8 Å². The fourth-order valence-electron chi connectivity index (χ4n) is 2.42. The Labute approximate surface area is 172 Å². The van der Waals surface area contributed by atoms with E-state index < -0.39 is 17.6 Å². The summed E-state index contributed by atoms with van der Waals surface area (Å²) >= 11 is 7.17. The Morgan fingerprint density at radius 3 is 2.52 bits per heavy atom. The lowest BCUT2D eigenvalue weighted by molar-refractivity contribution is -0.137. The van der Waals surface area contributed by atoms with Gasteiger partial charge in [0.25, 0.3) is 5.91 Å². The summed E-state index contributed by atoms with van der Waals surface area (Å²) in [6.45, 7) is 1.35. The maximum absolute atomic E-state index is 12.9. The van der Waals surface area contributed by atoms with Gasteiger partial charge in [0.1, 0.15) is 10.7 Å². The van der Waals surface area contributed by atoms with Gasteiger partial charge >= 0.3 is 6.18 Å². The highest BCUT2D eigenvalue weighted by Crippen LogP contribution is 2.33. The average molecular weight is 440 g/mol. The van der Waals surface area contributed by atoms with Gasteiger partial charge in [0, 0.05) is 23.6 Å². The lowest BCUT2D eigenvalue weighted by atomic mass is 10.1. The lowest BCUT2D eigenvalue weighted by Crippen LogP contribution is -2.13. The standard InChI is InChI=1S/C19H13ClF3N3O2S/c1-10(27)24-13-5-6-15(14(20)8-13)25-17(28)16-9-29-18(26-16)11-3-2-4-12(7-11)19(21,22)23/h2-9H,1H3,(H,24,27)(H,25,28). The first kappa shape index (κ1) is 20.8. The summed E-state index contributed by atoms with van der Waals surface area (Å²) in [5, 5.41) is 7.10. The van der Waals surface area contributed by atoms with Crippen LogP contribution in [0.3, 0.4) is 0 Å². The van der Waals surface area contributed by atoms with Crippen LogP contribution in [-0.2, 0) is 11.0 Å². The second-order valence-electron chi connectivity index (χ2n) is 5.95. The molecule has 10 heteroatoms. The molecule has 0 aliphatic rings. The van der Waals surface area contributed by atoms with Crippen molar-refractivity contribution in [2.24, 2.45) is 0 Å². The van der Waals surface area contributed by atoms with Gasteiger partial charge in [-0.05, 0) is 30.3 Å². The first-order valence-electron chi connectivity index (χ1n) is 8.15. The second kappa shape index (κ2) is 8.22. The Morgan fingerprint density at radius 2 is 1.86 bits per heavy atom. The second-order valence-corrected chi connectivity index (χ2v) is 7.21. The Morgan fingerprint density at radius 1 is 1.10 bits per heavy atom. The zero-order chi connectivity index (χ0) is 21.2. The molecule has 0 atom stereocenters. The number of hydrogen-bond acceptors (Lipinski definition) is 4. The Kier molecular flexibility index (Phi) is 5.90. The van der Waals surface area contributed by atoms with Crippen LogP contribution in [0.15, 0.2) is 47.8 Å². The minimum atomic E-state index is -4.46. The predicted octanol–water partition coefficient (Wildman–Crippen LogP) is 5.69. The molecule has 0 aliphatic heterocycles. The summed E-state index contributed by atoms with van der Waals surface area (Å²) in [6.07, 6.45) is -4.46. The maximum Gasteiger partial charge on any atom is 0.416 e. The van der Waals surface area contributed by atoms with Gasteiger partial charge in [0.15, 0.2) is 0 Å². The van der Waals surface area contributed by atoms with E-state index in [4.69, 9.17) is 11.6 Å². The molecule has 2 amide bonds. The minimum Gasteiger partial charge on any atom is -0.326 e. The van der Waals surface area contributed by atoms with Gasteiger partial charge in [0.2, 0.25) is 5.91 Å². The fraction of sp³-hybridized carbons (Fsp3) is 0.105. The van der Waals surface area contributed by atoms with Crippen molar-refractivity contribution in [1.82, 2.24) is 4.98 Å². The molecule has 29 heavy (non-hydrogen) atoms. The number of halogens is 4. The van der Waals surface area contributed by atoms with Crippen molar-refractivity contribution in [1.29, 1.82) is 0 Å². The Balaban J connectivity index is 1.77. The summed E-state index contributed by atoms with van der Waals surface area (Å²) in [7, 11) is 0. The number of hydrogen-bond donors (Lipinski definition) is 2. The zero-order valence-corrected chi connectivity index (χ0v) is 16.4. The number of nitrogens with zero attached hydrogens (tertiary/aromatic N) is 1. The van der Waals surface area contributed by atoms with Gasteiger partial charge in [-0.1, -0.05) is 23.7 Å². The van der Waals surface area contributed by atoms with Gasteiger partial charge in [-0.15, -0.1) is 11.3 Å². The molecule has 5 nitrogen and oxygen atoms in total. The van der Waals surface area contributed by atoms with Crippen molar-refractivity contribution >= 4 is 46.1 Å². The number of benzene rings is 2. The summed E-state index contributed by atoms with van der Waals surface area (Å²) in [5.41, 5.74) is 0.300. The highest BCUT2D eigenvalue weighted by atomic mass is 35.5. The largest absolute Gasteiger partial charge is 0.416 e. The monoisotopic (exact) mass is 439 g/mol. The topological polar surface area (TPSA) is 71.1 Å². The number of aromatic nitrogens is 1. The number of rotatable bonds is 4. The smallest absolute Gasteiger partial charge is 0.326 e. The summed E-state index contributed by atoms with van der Waals surface area (Å²) in [6, 6.07) is 9.30. The van der Waals surface area contributed by atoms with E-state index in [1.807, 2.05) is 0 Å². The third kappa shape index (κ3) is 5.12. The van der Waals surface area contributed by atoms with Crippen LogP contribution in [0.4, 0.5) is 24.5 Å². The number of nitrogens with one attached hydrogen (secondary N) is 2. The number of carbonyl (C=O) groups excluding carboxylic acids is 2. The summed E-state index contributed by atoms with van der Waals surface area (Å²) in [5.74, 6) is -0.823. The molecule has 0 saturated heterocycles. The van der Waals surface area contributed by atoms with Crippen LogP contribution in [0.2, 0.25) is 5.02 Å². The van der Waals surface area contributed by atoms with E-state index in [0.717, 1.165) is 23.5 Å². The summed E-state index contributed by atoms with van der Waals surface area (Å²) < 4.78 is 38.6. The van der Waals surface area contributed by atoms with Gasteiger partial charge < -0.3 is 10.6 Å². The van der Waals surface area contributed by atoms with Crippen molar-refractivity contribution in [3.05, 3.63) is 64.1 Å². The molecule has 3 rings (SSSR count). The SMILES string of the molecule is CC(=O)Nc1ccc(NC(=O)c2csc(-c3cccc(C(F)(F)F)c3)n2)c(Cl)c1. The van der Waals surface area contributed by atoms with Crippen LogP contribution >= 0.6 is 22.9 Å². The predicted molar refractivity (Wildman–Crippen MR) is 106 cm³/mol. The van der Waals surface area contributed by atoms with Crippen LogP contribution in [0, 0.1) is 0 Å². The molecule has 0 unspecified atom stereocenters. The van der Waals surface area contributed by atoms with E-state index in [-0.39, 0.29) is 27.2 Å². The van der Waals surface area contributed by atoms with E-state index in [1.54, 1.807) is 6.07 Å². The van der Waals surface area contributed by atoms with E-state index >= 15 is 0 Å². The van der Waals surface area contributed by atoms with Gasteiger partial charge in [-0.3, -0.25) is 9.59 Å². The molecule has 1 aromatic heterocycles. The molecule has 0 aliphatic carbocycles. The molecule has 2 N–H and O–H groups in total. The van der Waals surface area contributed by atoms with Crippen LogP contribution in [0.1, 0.15) is 23.0 Å². The first-order chi connectivity index (χ1) is 13.6. The number of alkyl halides is 3. The van der Waals surface area contributed by atoms with E-state index in [0.29, 0.717) is 11.4 Å². The maximum atomic E-state index is 12.9. The van der Waals surface area contributed by atoms with E-state index in [9.17, 15) is 22.8 Å². The van der Waals surface area contributed by atoms with Crippen molar-refractivity contribution in [2.45, 2.75) is 13.1 Å². The molecule has 3 aromatic rings. The summed E-state index contributed by atoms with van der Waals surface area (Å²) in [4.78, 5) is 27.6. The van der Waals surface area contributed by atoms with Crippen molar-refractivity contribution < 1.29 is 22.8 Å². The molecule has 0 radical (unpaired) electrons. The van der Waals surface area contributed by atoms with Gasteiger partial charge in [0.05, 0.1) is 16.3 Å². The third-order valence-electron chi connectivity index (χ3n) is 3.71. The van der Waals surface area contributed by atoms with Crippen LogP contribution in [0.5, 0.6) is 0 Å². The first-order valence-corrected chi connectivity index (χ1v) is 9.41. The molecule has 2 aromatic carbocycles. The molecular formula is C19H13ClF3N3O2S. The van der Waals surface area contributed by atoms with E-state index in [1.165, 1.54) is 36.6 Å².